The second-order valence-corrected chi connectivity index (χ2v) is 4.90. The molecule has 2 nitrogen and oxygen atoms in total. The molecule has 0 spiro atoms. The summed E-state index contributed by atoms with van der Waals surface area (Å²) in [6.07, 6.45) is 2.24. The first-order valence-corrected chi connectivity index (χ1v) is 6.32. The summed E-state index contributed by atoms with van der Waals surface area (Å²) in [6, 6.07) is 5.50. The fraction of sp³-hybridized carbons (Fsp3) is 0.538. The van der Waals surface area contributed by atoms with Gasteiger partial charge in [0.15, 0.2) is 0 Å². The van der Waals surface area contributed by atoms with E-state index in [0.29, 0.717) is 18.2 Å². The Labute approximate surface area is 106 Å². The van der Waals surface area contributed by atoms with Crippen LogP contribution in [0.5, 0.6) is 0 Å². The Morgan fingerprint density at radius 1 is 1.53 bits per heavy atom. The quantitative estimate of drug-likeness (QED) is 0.898. The molecule has 2 unspecified atom stereocenters. The molecule has 0 aliphatic carbocycles. The molecule has 94 valence electrons. The minimum Gasteiger partial charge on any atom is -0.378 e. The van der Waals surface area contributed by atoms with Gasteiger partial charge in [-0.1, -0.05) is 23.7 Å². The molecule has 1 aliphatic rings. The molecule has 0 saturated carbocycles. The minimum absolute atomic E-state index is 0.185. The number of benzene rings is 1. The molecule has 2 atom stereocenters. The summed E-state index contributed by atoms with van der Waals surface area (Å²) in [5, 5.41) is 3.54. The van der Waals surface area contributed by atoms with E-state index in [1.165, 1.54) is 0 Å². The highest BCUT2D eigenvalue weighted by molar-refractivity contribution is 6.30. The van der Waals surface area contributed by atoms with Crippen molar-refractivity contribution < 1.29 is 9.13 Å². The average Bonchev–Trinajstić information content (AvgIpc) is 2.31. The second kappa shape index (κ2) is 5.80. The molecule has 1 aliphatic heterocycles. The first-order valence-electron chi connectivity index (χ1n) is 5.94. The second-order valence-electron chi connectivity index (χ2n) is 4.50. The highest BCUT2D eigenvalue weighted by Crippen LogP contribution is 2.19. The molecule has 1 fully saturated rings. The van der Waals surface area contributed by atoms with Crippen LogP contribution in [-0.2, 0) is 11.3 Å². The van der Waals surface area contributed by atoms with Gasteiger partial charge in [0.1, 0.15) is 5.82 Å². The first-order chi connectivity index (χ1) is 8.16. The molecule has 1 heterocycles. The summed E-state index contributed by atoms with van der Waals surface area (Å²) in [7, 11) is 0. The average molecular weight is 258 g/mol. The lowest BCUT2D eigenvalue weighted by molar-refractivity contribution is 0.0130. The van der Waals surface area contributed by atoms with Crippen molar-refractivity contribution in [1.29, 1.82) is 0 Å². The third-order valence-electron chi connectivity index (χ3n) is 3.10. The largest absolute Gasteiger partial charge is 0.378 e. The monoisotopic (exact) mass is 257 g/mol. The SMILES string of the molecule is CC1CC(NCc2cccc(Cl)c2F)CCO1. The van der Waals surface area contributed by atoms with Crippen molar-refractivity contribution >= 4 is 11.6 Å². The maximum Gasteiger partial charge on any atom is 0.146 e. The number of rotatable bonds is 3. The van der Waals surface area contributed by atoms with E-state index >= 15 is 0 Å². The van der Waals surface area contributed by atoms with E-state index in [2.05, 4.69) is 12.2 Å². The van der Waals surface area contributed by atoms with Crippen LogP contribution in [0.3, 0.4) is 0 Å². The Kier molecular flexibility index (Phi) is 4.37. The maximum absolute atomic E-state index is 13.6. The lowest BCUT2D eigenvalue weighted by Gasteiger charge is -2.28. The van der Waals surface area contributed by atoms with E-state index in [0.717, 1.165) is 19.4 Å². The van der Waals surface area contributed by atoms with Crippen LogP contribution in [0.1, 0.15) is 25.3 Å². The summed E-state index contributed by atoms with van der Waals surface area (Å²) in [6.45, 7) is 3.36. The van der Waals surface area contributed by atoms with E-state index in [4.69, 9.17) is 16.3 Å². The molecule has 0 amide bonds. The fourth-order valence-corrected chi connectivity index (χ4v) is 2.32. The van der Waals surface area contributed by atoms with Crippen LogP contribution >= 0.6 is 11.6 Å². The fourth-order valence-electron chi connectivity index (χ4n) is 2.12. The van der Waals surface area contributed by atoms with Gasteiger partial charge >= 0.3 is 0 Å². The Bertz CT molecular complexity index is 386. The van der Waals surface area contributed by atoms with Gasteiger partial charge in [0.05, 0.1) is 11.1 Å². The van der Waals surface area contributed by atoms with E-state index in [1.54, 1.807) is 18.2 Å². The molecule has 4 heteroatoms. The lowest BCUT2D eigenvalue weighted by Crippen LogP contribution is -2.37. The molecule has 1 aromatic carbocycles. The smallest absolute Gasteiger partial charge is 0.146 e. The highest BCUT2D eigenvalue weighted by Gasteiger charge is 2.19. The predicted molar refractivity (Wildman–Crippen MR) is 66.7 cm³/mol. The van der Waals surface area contributed by atoms with Crippen molar-refractivity contribution in [2.75, 3.05) is 6.61 Å². The summed E-state index contributed by atoms with van der Waals surface area (Å²) in [4.78, 5) is 0. The molecule has 1 N–H and O–H groups in total. The number of nitrogens with one attached hydrogen (secondary N) is 1. The van der Waals surface area contributed by atoms with Crippen molar-refractivity contribution in [3.05, 3.63) is 34.6 Å². The van der Waals surface area contributed by atoms with E-state index in [-0.39, 0.29) is 16.9 Å². The van der Waals surface area contributed by atoms with Gasteiger partial charge in [-0.25, -0.2) is 4.39 Å². The number of ether oxygens (including phenoxy) is 1. The van der Waals surface area contributed by atoms with Crippen molar-refractivity contribution in [3.63, 3.8) is 0 Å². The van der Waals surface area contributed by atoms with Crippen LogP contribution in [0.15, 0.2) is 18.2 Å². The zero-order valence-corrected chi connectivity index (χ0v) is 10.6. The van der Waals surface area contributed by atoms with Gasteiger partial charge in [-0.3, -0.25) is 0 Å². The van der Waals surface area contributed by atoms with E-state index in [1.807, 2.05) is 0 Å². The van der Waals surface area contributed by atoms with Gasteiger partial charge in [0, 0.05) is 24.8 Å². The molecule has 2 rings (SSSR count). The standard InChI is InChI=1S/C13H17ClFNO/c1-9-7-11(5-6-17-9)16-8-10-3-2-4-12(14)13(10)15/h2-4,9,11,16H,5-8H2,1H3. The summed E-state index contributed by atoms with van der Waals surface area (Å²) >= 11 is 5.74. The van der Waals surface area contributed by atoms with Crippen LogP contribution in [-0.4, -0.2) is 18.8 Å². The topological polar surface area (TPSA) is 21.3 Å². The van der Waals surface area contributed by atoms with Crippen molar-refractivity contribution in [2.45, 2.75) is 38.5 Å². The third kappa shape index (κ3) is 3.41. The zero-order valence-electron chi connectivity index (χ0n) is 9.88. The van der Waals surface area contributed by atoms with Gasteiger partial charge in [0.2, 0.25) is 0 Å². The number of halogens is 2. The summed E-state index contributed by atoms with van der Waals surface area (Å²) in [5.74, 6) is -0.318. The summed E-state index contributed by atoms with van der Waals surface area (Å²) in [5.41, 5.74) is 0.622. The third-order valence-corrected chi connectivity index (χ3v) is 3.39. The molecule has 0 bridgehead atoms. The Balaban J connectivity index is 1.91. The first kappa shape index (κ1) is 12.8. The van der Waals surface area contributed by atoms with Gasteiger partial charge in [-0.05, 0) is 25.8 Å². The van der Waals surface area contributed by atoms with Crippen molar-refractivity contribution in [1.82, 2.24) is 5.32 Å². The number of hydrogen-bond acceptors (Lipinski definition) is 2. The Hall–Kier alpha value is -0.640. The molecule has 1 aromatic rings. The van der Waals surface area contributed by atoms with Crippen LogP contribution in [0, 0.1) is 5.82 Å². The lowest BCUT2D eigenvalue weighted by atomic mass is 10.0. The van der Waals surface area contributed by atoms with Crippen molar-refractivity contribution in [3.8, 4) is 0 Å². The van der Waals surface area contributed by atoms with Crippen LogP contribution in [0.25, 0.3) is 0 Å². The normalized spacial score (nSPS) is 24.9. The molecule has 1 saturated heterocycles. The van der Waals surface area contributed by atoms with Gasteiger partial charge in [-0.15, -0.1) is 0 Å². The maximum atomic E-state index is 13.6. The Morgan fingerprint density at radius 3 is 3.12 bits per heavy atom. The van der Waals surface area contributed by atoms with Crippen LogP contribution < -0.4 is 5.32 Å². The van der Waals surface area contributed by atoms with Gasteiger partial charge in [0.25, 0.3) is 0 Å². The molecular formula is C13H17ClFNO. The minimum atomic E-state index is -0.318. The number of hydrogen-bond donors (Lipinski definition) is 1. The van der Waals surface area contributed by atoms with Crippen molar-refractivity contribution in [2.24, 2.45) is 0 Å². The molecule has 17 heavy (non-hydrogen) atoms. The molecule has 0 aromatic heterocycles. The molecule has 0 radical (unpaired) electrons. The van der Waals surface area contributed by atoms with Crippen LogP contribution in [0.4, 0.5) is 4.39 Å². The van der Waals surface area contributed by atoms with E-state index < -0.39 is 0 Å². The van der Waals surface area contributed by atoms with Gasteiger partial charge in [-0.2, -0.15) is 0 Å². The molecular weight excluding hydrogens is 241 g/mol. The zero-order chi connectivity index (χ0) is 12.3. The van der Waals surface area contributed by atoms with Crippen LogP contribution in [0.2, 0.25) is 5.02 Å². The Morgan fingerprint density at radius 2 is 2.35 bits per heavy atom. The van der Waals surface area contributed by atoms with Gasteiger partial charge < -0.3 is 10.1 Å². The predicted octanol–water partition coefficient (Wildman–Crippen LogP) is 3.14. The van der Waals surface area contributed by atoms with E-state index in [9.17, 15) is 4.39 Å². The highest BCUT2D eigenvalue weighted by atomic mass is 35.5. The summed E-state index contributed by atoms with van der Waals surface area (Å²) < 4.78 is 19.1.